The number of nitrogens with zero attached hydrogens (tertiary/aromatic N) is 7. The van der Waals surface area contributed by atoms with E-state index in [2.05, 4.69) is 77.3 Å². The molecule has 1 aliphatic rings. The minimum Gasteiger partial charge on any atom is -0.856 e. The van der Waals surface area contributed by atoms with E-state index in [1.807, 2.05) is 66.9 Å². The fourth-order valence-electron chi connectivity index (χ4n) is 4.74. The average Bonchev–Trinajstić information content (AvgIpc) is 3.08. The van der Waals surface area contributed by atoms with Gasteiger partial charge < -0.3 is 5.11 Å². The summed E-state index contributed by atoms with van der Waals surface area (Å²) in [5, 5.41) is 35.5. The van der Waals surface area contributed by atoms with Gasteiger partial charge in [0.1, 0.15) is 5.69 Å². The van der Waals surface area contributed by atoms with E-state index < -0.39 is 12.6 Å². The van der Waals surface area contributed by atoms with Gasteiger partial charge in [-0.05, 0) is 50.7 Å². The summed E-state index contributed by atoms with van der Waals surface area (Å²) in [6, 6.07) is 28.5. The first-order valence-corrected chi connectivity index (χ1v) is 19.5. The molecule has 0 radical (unpaired) electrons. The van der Waals surface area contributed by atoms with Gasteiger partial charge in [0.25, 0.3) is 0 Å². The number of guanidine groups is 1. The van der Waals surface area contributed by atoms with Crippen LogP contribution in [0.3, 0.4) is 0 Å². The third kappa shape index (κ3) is 6.95. The van der Waals surface area contributed by atoms with E-state index in [-0.39, 0.29) is 17.5 Å². The summed E-state index contributed by atoms with van der Waals surface area (Å²) in [7, 11) is -2.57. The minimum absolute atomic E-state index is 0.192. The van der Waals surface area contributed by atoms with Crippen molar-refractivity contribution in [2.24, 2.45) is 10.2 Å². The Labute approximate surface area is 284 Å². The third-order valence-corrected chi connectivity index (χ3v) is 13.0. The van der Waals surface area contributed by atoms with E-state index >= 15 is 0 Å². The maximum Gasteiger partial charge on any atom is 0.433 e. The molecular formula is C31H33BrN9O2PS2. The van der Waals surface area contributed by atoms with Gasteiger partial charge in [-0.15, -0.1) is 20.0 Å². The second-order valence-corrected chi connectivity index (χ2v) is 16.1. The van der Waals surface area contributed by atoms with E-state index in [0.717, 1.165) is 20.6 Å². The molecule has 2 heterocycles. The highest BCUT2D eigenvalue weighted by atomic mass is 79.9. The van der Waals surface area contributed by atoms with Crippen molar-refractivity contribution >= 4 is 68.2 Å². The number of nitrogens with one attached hydrogen (secondary N) is 2. The number of thioether (sulfide) groups is 2. The van der Waals surface area contributed by atoms with Gasteiger partial charge in [-0.25, -0.2) is 4.33 Å². The van der Waals surface area contributed by atoms with E-state index in [0.29, 0.717) is 22.6 Å². The fraction of sp³-hybridized carbons (Fsp3) is 0.194. The summed E-state index contributed by atoms with van der Waals surface area (Å²) in [6.07, 6.45) is 3.64. The highest BCUT2D eigenvalue weighted by Crippen LogP contribution is 2.43. The lowest BCUT2D eigenvalue weighted by Crippen LogP contribution is -2.54. The number of rotatable bonds is 7. The molecule has 3 aromatic carbocycles. The van der Waals surface area contributed by atoms with Crippen molar-refractivity contribution in [2.75, 3.05) is 19.2 Å². The first kappa shape index (κ1) is 33.5. The lowest BCUT2D eigenvalue weighted by molar-refractivity contribution is -0.412. The van der Waals surface area contributed by atoms with Crippen LogP contribution in [0.2, 0.25) is 0 Å². The summed E-state index contributed by atoms with van der Waals surface area (Å²) in [5.41, 5.74) is 7.20. The van der Waals surface area contributed by atoms with E-state index in [1.165, 1.54) is 33.2 Å². The molecular weight excluding hydrogens is 705 g/mol. The van der Waals surface area contributed by atoms with Crippen LogP contribution in [0.5, 0.6) is 0 Å². The summed E-state index contributed by atoms with van der Waals surface area (Å²) in [5.74, 6) is -0.0855. The number of hydrazone groups is 1. The maximum absolute atomic E-state index is 13.6. The molecule has 0 bridgehead atoms. The van der Waals surface area contributed by atoms with Crippen molar-refractivity contribution in [1.29, 1.82) is 0 Å². The largest absolute Gasteiger partial charge is 0.856 e. The minimum atomic E-state index is -2.57. The monoisotopic (exact) mass is 737 g/mol. The van der Waals surface area contributed by atoms with Crippen molar-refractivity contribution in [3.8, 4) is 0 Å². The number of allylic oxidation sites excluding steroid dienone is 1. The van der Waals surface area contributed by atoms with Crippen LogP contribution >= 0.6 is 46.5 Å². The van der Waals surface area contributed by atoms with E-state index in [1.54, 1.807) is 20.1 Å². The first-order chi connectivity index (χ1) is 22.2. The average molecular weight is 739 g/mol. The molecule has 1 aliphatic heterocycles. The van der Waals surface area contributed by atoms with Gasteiger partial charge in [0.2, 0.25) is 10.3 Å². The predicted octanol–water partition coefficient (Wildman–Crippen LogP) is 3.84. The molecule has 4 aromatic rings. The second-order valence-electron chi connectivity index (χ2n) is 10.2. The zero-order chi connectivity index (χ0) is 32.8. The first-order valence-electron chi connectivity index (χ1n) is 14.1. The van der Waals surface area contributed by atoms with Crippen molar-refractivity contribution in [3.63, 3.8) is 0 Å². The van der Waals surface area contributed by atoms with Gasteiger partial charge in [-0.3, -0.25) is 10.2 Å². The van der Waals surface area contributed by atoms with Crippen molar-refractivity contribution in [3.05, 3.63) is 123 Å². The van der Waals surface area contributed by atoms with Gasteiger partial charge in [0.05, 0.1) is 13.6 Å². The van der Waals surface area contributed by atoms with Gasteiger partial charge >= 0.3 is 11.5 Å². The number of hydrogen-bond donors (Lipinski definition) is 2. The van der Waals surface area contributed by atoms with Crippen LogP contribution in [0.15, 0.2) is 121 Å². The Bertz CT molecular complexity index is 1890. The smallest absolute Gasteiger partial charge is 0.433 e. The van der Waals surface area contributed by atoms with Crippen LogP contribution in [0.25, 0.3) is 0 Å². The molecule has 2 N–H and O–H groups in total. The lowest BCUT2D eigenvalue weighted by Gasteiger charge is -2.34. The van der Waals surface area contributed by atoms with Gasteiger partial charge in [-0.1, -0.05) is 112 Å². The molecule has 5 rings (SSSR count). The van der Waals surface area contributed by atoms with Crippen LogP contribution < -0.4 is 32.1 Å². The molecule has 0 spiro atoms. The Morgan fingerprint density at radius 2 is 1.59 bits per heavy atom. The number of aryl methyl sites for hydroxylation is 1. The summed E-state index contributed by atoms with van der Waals surface area (Å²) in [6.45, 7) is 5.84. The molecule has 0 aliphatic carbocycles. The Morgan fingerprint density at radius 3 is 2.15 bits per heavy atom. The van der Waals surface area contributed by atoms with Crippen LogP contribution in [-0.2, 0) is 6.54 Å². The molecule has 46 heavy (non-hydrogen) atoms. The molecule has 15 heteroatoms. The van der Waals surface area contributed by atoms with Crippen molar-refractivity contribution in [1.82, 2.24) is 30.7 Å². The summed E-state index contributed by atoms with van der Waals surface area (Å²) < 4.78 is 4.35. The van der Waals surface area contributed by atoms with Crippen molar-refractivity contribution in [2.45, 2.75) is 25.5 Å². The number of amidine groups is 1. The summed E-state index contributed by atoms with van der Waals surface area (Å²) in [4.78, 5) is 13.6. The van der Waals surface area contributed by atoms with Gasteiger partial charge in [-0.2, -0.15) is 10.4 Å². The van der Waals surface area contributed by atoms with Gasteiger partial charge in [0.15, 0.2) is 0 Å². The standard InChI is InChI=1S/C31H33BrN9O2PS2/c1-21-27(42)40(30(45-4)35-33-21)37-29(38-41-28(43)22(2)34-36-31(41)46-5)39(20-23-16-18-24(32)19-17-23)44(3,25-12-8-6-9-13-25)26-14-10-7-11-15-26/h6-19H,20H2,1-5H3,(H2-,33,34,37,38,42,43). The van der Waals surface area contributed by atoms with Crippen LogP contribution in [-0.4, -0.2) is 54.5 Å². The lowest BCUT2D eigenvalue weighted by atomic mass is 10.2. The highest BCUT2D eigenvalue weighted by molar-refractivity contribution is 9.10. The fourth-order valence-corrected chi connectivity index (χ4v) is 9.14. The van der Waals surface area contributed by atoms with Crippen LogP contribution in [0.1, 0.15) is 18.2 Å². The van der Waals surface area contributed by atoms with Gasteiger partial charge in [0, 0.05) is 31.8 Å². The Hall–Kier alpha value is -3.84. The number of halogens is 1. The molecule has 238 valence electrons. The SMILES string of the molecule is CSC1=NNC(C)=C([O-])N1N/C(=N\n1c(SC)nnc(C)c1=O)[N+](Cc1ccc(Br)cc1)=P(C)(c1ccccc1)c1ccccc1. The third-order valence-electron chi connectivity index (χ3n) is 7.27. The van der Waals surface area contributed by atoms with Crippen LogP contribution in [0.4, 0.5) is 0 Å². The molecule has 0 unspecified atom stereocenters. The molecule has 0 saturated carbocycles. The second kappa shape index (κ2) is 14.7. The predicted molar refractivity (Wildman–Crippen MR) is 191 cm³/mol. The topological polar surface area (TPSA) is 126 Å². The molecule has 1 aromatic heterocycles. The highest BCUT2D eigenvalue weighted by Gasteiger charge is 2.34. The van der Waals surface area contributed by atoms with Crippen molar-refractivity contribution < 1.29 is 9.43 Å². The molecule has 0 fully saturated rings. The molecule has 0 atom stereocenters. The molecule has 0 amide bonds. The number of hydrogen-bond acceptors (Lipinski definition) is 10. The maximum atomic E-state index is 13.6. The van der Waals surface area contributed by atoms with E-state index in [4.69, 9.17) is 5.10 Å². The summed E-state index contributed by atoms with van der Waals surface area (Å²) >= 11 is 6.10. The zero-order valence-electron chi connectivity index (χ0n) is 25.9. The Kier molecular flexibility index (Phi) is 10.7. The molecule has 0 saturated heterocycles. The quantitative estimate of drug-likeness (QED) is 0.126. The van der Waals surface area contributed by atoms with Crippen LogP contribution in [0, 0.1) is 6.92 Å². The van der Waals surface area contributed by atoms with E-state index in [9.17, 15) is 9.90 Å². The number of aromatic nitrogens is 3. The number of benzene rings is 3. The molecule has 11 nitrogen and oxygen atoms in total. The normalized spacial score (nSPS) is 13.7. The Balaban J connectivity index is 1.93. The Morgan fingerprint density at radius 1 is 0.978 bits per heavy atom. The number of hydrazine groups is 1. The zero-order valence-corrected chi connectivity index (χ0v) is 30.0.